The second-order valence-corrected chi connectivity index (χ2v) is 3.82. The molecular formula is C11H13F2NO. The lowest BCUT2D eigenvalue weighted by atomic mass is 10.0. The number of aliphatic hydroxyl groups excluding tert-OH is 1. The number of rotatable bonds is 2. The summed E-state index contributed by atoms with van der Waals surface area (Å²) in [6, 6.07) is 6.35. The Hall–Kier alpha value is -1.00. The van der Waals surface area contributed by atoms with Gasteiger partial charge in [-0.1, -0.05) is 18.2 Å². The minimum atomic E-state index is -2.43. The summed E-state index contributed by atoms with van der Waals surface area (Å²) >= 11 is 0. The van der Waals surface area contributed by atoms with E-state index in [1.807, 2.05) is 6.07 Å². The van der Waals surface area contributed by atoms with E-state index in [0.717, 1.165) is 5.56 Å². The van der Waals surface area contributed by atoms with Crippen LogP contribution in [0, 0.1) is 0 Å². The molecule has 2 nitrogen and oxygen atoms in total. The van der Waals surface area contributed by atoms with Gasteiger partial charge in [-0.3, -0.25) is 0 Å². The van der Waals surface area contributed by atoms with Gasteiger partial charge in [0, 0.05) is 18.2 Å². The zero-order valence-corrected chi connectivity index (χ0v) is 8.16. The molecule has 0 bridgehead atoms. The summed E-state index contributed by atoms with van der Waals surface area (Å²) in [5.74, 6) is 0. The van der Waals surface area contributed by atoms with Gasteiger partial charge in [-0.05, 0) is 18.1 Å². The predicted molar refractivity (Wildman–Crippen MR) is 52.8 cm³/mol. The number of nitrogens with one attached hydrogen (secondary N) is 1. The van der Waals surface area contributed by atoms with Gasteiger partial charge in [-0.2, -0.15) is 0 Å². The lowest BCUT2D eigenvalue weighted by Crippen LogP contribution is -2.14. The van der Waals surface area contributed by atoms with Crippen LogP contribution in [0.25, 0.3) is 0 Å². The van der Waals surface area contributed by atoms with Gasteiger partial charge >= 0.3 is 0 Å². The maximum atomic E-state index is 12.4. The molecule has 0 spiro atoms. The fourth-order valence-corrected chi connectivity index (χ4v) is 1.88. The lowest BCUT2D eigenvalue weighted by molar-refractivity contribution is 0.151. The Kier molecular flexibility index (Phi) is 2.98. The predicted octanol–water partition coefficient (Wildman–Crippen LogP) is 2.02. The number of hydrogen-bond donors (Lipinski definition) is 2. The van der Waals surface area contributed by atoms with Gasteiger partial charge in [0.2, 0.25) is 0 Å². The van der Waals surface area contributed by atoms with Gasteiger partial charge in [0.05, 0.1) is 6.10 Å². The van der Waals surface area contributed by atoms with Crippen molar-refractivity contribution in [1.82, 2.24) is 5.32 Å². The quantitative estimate of drug-likeness (QED) is 0.787. The van der Waals surface area contributed by atoms with E-state index in [0.29, 0.717) is 13.0 Å². The SMILES string of the molecule is OC1CNC(c2cccc(C(F)F)c2)C1. The monoisotopic (exact) mass is 213 g/mol. The maximum Gasteiger partial charge on any atom is 0.263 e. The zero-order valence-electron chi connectivity index (χ0n) is 8.16. The average Bonchev–Trinajstić information content (AvgIpc) is 2.65. The molecule has 2 unspecified atom stereocenters. The first-order chi connectivity index (χ1) is 7.16. The number of β-amino-alcohol motifs (C(OH)–C–C–N with tert-alkyl or cyclic N) is 1. The molecule has 0 aliphatic carbocycles. The minimum absolute atomic E-state index is 0.00120. The summed E-state index contributed by atoms with van der Waals surface area (Å²) in [5, 5.41) is 12.4. The van der Waals surface area contributed by atoms with Gasteiger partial charge in [0.1, 0.15) is 0 Å². The van der Waals surface area contributed by atoms with Gasteiger partial charge in [0.25, 0.3) is 6.43 Å². The highest BCUT2D eigenvalue weighted by atomic mass is 19.3. The maximum absolute atomic E-state index is 12.4. The largest absolute Gasteiger partial charge is 0.392 e. The Labute approximate surface area is 86.9 Å². The molecule has 2 atom stereocenters. The minimum Gasteiger partial charge on any atom is -0.392 e. The Morgan fingerprint density at radius 3 is 2.80 bits per heavy atom. The fourth-order valence-electron chi connectivity index (χ4n) is 1.88. The molecule has 2 rings (SSSR count). The number of alkyl halides is 2. The Morgan fingerprint density at radius 1 is 1.40 bits per heavy atom. The fraction of sp³-hybridized carbons (Fsp3) is 0.455. The highest BCUT2D eigenvalue weighted by molar-refractivity contribution is 5.27. The smallest absolute Gasteiger partial charge is 0.263 e. The summed E-state index contributed by atoms with van der Waals surface area (Å²) in [4.78, 5) is 0. The Balaban J connectivity index is 2.18. The number of aliphatic hydroxyl groups is 1. The summed E-state index contributed by atoms with van der Waals surface area (Å²) in [7, 11) is 0. The first-order valence-corrected chi connectivity index (χ1v) is 4.96. The van der Waals surface area contributed by atoms with Crippen molar-refractivity contribution in [2.75, 3.05) is 6.54 Å². The third kappa shape index (κ3) is 2.33. The summed E-state index contributed by atoms with van der Waals surface area (Å²) in [5.41, 5.74) is 0.861. The van der Waals surface area contributed by atoms with E-state index in [2.05, 4.69) is 5.32 Å². The van der Waals surface area contributed by atoms with Crippen LogP contribution in [0.5, 0.6) is 0 Å². The molecule has 1 heterocycles. The molecule has 2 N–H and O–H groups in total. The number of benzene rings is 1. The Bertz CT molecular complexity index is 343. The molecule has 0 aromatic heterocycles. The summed E-state index contributed by atoms with van der Waals surface area (Å²) in [6.07, 6.45) is -2.21. The van der Waals surface area contributed by atoms with Crippen LogP contribution in [0.15, 0.2) is 24.3 Å². The van der Waals surface area contributed by atoms with Gasteiger partial charge in [-0.25, -0.2) is 8.78 Å². The van der Waals surface area contributed by atoms with Crippen molar-refractivity contribution in [2.45, 2.75) is 25.0 Å². The van der Waals surface area contributed by atoms with Crippen molar-refractivity contribution in [2.24, 2.45) is 0 Å². The topological polar surface area (TPSA) is 32.3 Å². The first-order valence-electron chi connectivity index (χ1n) is 4.96. The molecule has 1 aliphatic heterocycles. The van der Waals surface area contributed by atoms with Crippen molar-refractivity contribution in [3.05, 3.63) is 35.4 Å². The van der Waals surface area contributed by atoms with Crippen LogP contribution in [-0.2, 0) is 0 Å². The van der Waals surface area contributed by atoms with E-state index in [9.17, 15) is 13.9 Å². The molecule has 0 radical (unpaired) electrons. The zero-order chi connectivity index (χ0) is 10.8. The summed E-state index contributed by atoms with van der Waals surface area (Å²) in [6.45, 7) is 0.531. The van der Waals surface area contributed by atoms with Crippen molar-refractivity contribution >= 4 is 0 Å². The second-order valence-electron chi connectivity index (χ2n) is 3.82. The normalized spacial score (nSPS) is 26.1. The van der Waals surface area contributed by atoms with Crippen LogP contribution in [0.4, 0.5) is 8.78 Å². The molecule has 1 fully saturated rings. The van der Waals surface area contributed by atoms with Crippen LogP contribution >= 0.6 is 0 Å². The molecule has 1 aromatic carbocycles. The van der Waals surface area contributed by atoms with Gasteiger partial charge < -0.3 is 10.4 Å². The van der Waals surface area contributed by atoms with Crippen molar-refractivity contribution in [1.29, 1.82) is 0 Å². The van der Waals surface area contributed by atoms with Crippen molar-refractivity contribution in [3.8, 4) is 0 Å². The van der Waals surface area contributed by atoms with Crippen LogP contribution in [0.2, 0.25) is 0 Å². The van der Waals surface area contributed by atoms with E-state index < -0.39 is 6.43 Å². The molecule has 82 valence electrons. The Morgan fingerprint density at radius 2 is 2.20 bits per heavy atom. The van der Waals surface area contributed by atoms with Crippen LogP contribution in [0.1, 0.15) is 30.0 Å². The van der Waals surface area contributed by atoms with Crippen LogP contribution < -0.4 is 5.32 Å². The van der Waals surface area contributed by atoms with E-state index >= 15 is 0 Å². The second kappa shape index (κ2) is 4.24. The molecule has 4 heteroatoms. The molecular weight excluding hydrogens is 200 g/mol. The van der Waals surface area contributed by atoms with Crippen LogP contribution in [-0.4, -0.2) is 17.8 Å². The highest BCUT2D eigenvalue weighted by Gasteiger charge is 2.23. The molecule has 1 saturated heterocycles. The van der Waals surface area contributed by atoms with Crippen LogP contribution in [0.3, 0.4) is 0 Å². The van der Waals surface area contributed by atoms with E-state index in [4.69, 9.17) is 0 Å². The standard InChI is InChI=1S/C11H13F2NO/c12-11(13)8-3-1-2-7(4-8)10-5-9(15)6-14-10/h1-4,9-11,14-15H,5-6H2. The number of halogens is 2. The average molecular weight is 213 g/mol. The molecule has 1 aromatic rings. The molecule has 0 amide bonds. The highest BCUT2D eigenvalue weighted by Crippen LogP contribution is 2.27. The third-order valence-corrected chi connectivity index (χ3v) is 2.67. The van der Waals surface area contributed by atoms with Gasteiger partial charge in [-0.15, -0.1) is 0 Å². The molecule has 0 saturated carbocycles. The summed E-state index contributed by atoms with van der Waals surface area (Å²) < 4.78 is 24.9. The lowest BCUT2D eigenvalue weighted by Gasteiger charge is -2.11. The van der Waals surface area contributed by atoms with Crippen molar-refractivity contribution in [3.63, 3.8) is 0 Å². The number of hydrogen-bond acceptors (Lipinski definition) is 2. The van der Waals surface area contributed by atoms with E-state index in [1.165, 1.54) is 12.1 Å². The van der Waals surface area contributed by atoms with Gasteiger partial charge in [0.15, 0.2) is 0 Å². The van der Waals surface area contributed by atoms with Crippen molar-refractivity contribution < 1.29 is 13.9 Å². The third-order valence-electron chi connectivity index (χ3n) is 2.67. The molecule has 1 aliphatic rings. The molecule has 15 heavy (non-hydrogen) atoms. The van der Waals surface area contributed by atoms with E-state index in [1.54, 1.807) is 6.07 Å². The first kappa shape index (κ1) is 10.5. The van der Waals surface area contributed by atoms with E-state index in [-0.39, 0.29) is 17.7 Å².